The van der Waals surface area contributed by atoms with Crippen molar-refractivity contribution in [2.75, 3.05) is 37.7 Å². The van der Waals surface area contributed by atoms with Crippen molar-refractivity contribution in [1.82, 2.24) is 14.9 Å². The van der Waals surface area contributed by atoms with Crippen LogP contribution >= 0.6 is 0 Å². The Balaban J connectivity index is 1.34. The molecule has 2 saturated heterocycles. The molecule has 4 rings (SSSR count). The minimum Gasteiger partial charge on any atom is -0.481 e. The van der Waals surface area contributed by atoms with Crippen LogP contribution in [0.1, 0.15) is 5.69 Å². The molecule has 3 heterocycles. The molecule has 1 aromatic heterocycles. The highest BCUT2D eigenvalue weighted by molar-refractivity contribution is 5.78. The number of hydrogen-bond acceptors (Lipinski definition) is 5. The number of nitrogens with one attached hydrogen (secondary N) is 1. The second kappa shape index (κ2) is 7.21. The summed E-state index contributed by atoms with van der Waals surface area (Å²) in [6.07, 6.45) is 0. The van der Waals surface area contributed by atoms with Gasteiger partial charge in [-0.3, -0.25) is 14.6 Å². The number of hydrogen-bond donors (Lipinski definition) is 1. The number of aromatic amines is 1. The van der Waals surface area contributed by atoms with Gasteiger partial charge in [0.1, 0.15) is 0 Å². The van der Waals surface area contributed by atoms with Crippen molar-refractivity contribution in [3.8, 4) is 5.75 Å². The smallest absolute Gasteiger partial charge is 0.288 e. The zero-order chi connectivity index (χ0) is 19.8. The Morgan fingerprint density at radius 2 is 1.89 bits per heavy atom. The lowest BCUT2D eigenvalue weighted by Gasteiger charge is -2.22. The summed E-state index contributed by atoms with van der Waals surface area (Å²) in [4.78, 5) is 34.3. The van der Waals surface area contributed by atoms with Gasteiger partial charge in [-0.15, -0.1) is 0 Å². The number of H-pyrrole nitrogens is 1. The van der Waals surface area contributed by atoms with E-state index >= 15 is 0 Å². The summed E-state index contributed by atoms with van der Waals surface area (Å²) in [5, 5.41) is 0. The van der Waals surface area contributed by atoms with E-state index in [0.29, 0.717) is 32.1 Å². The molecule has 28 heavy (non-hydrogen) atoms. The summed E-state index contributed by atoms with van der Waals surface area (Å²) >= 11 is 0. The van der Waals surface area contributed by atoms with E-state index < -0.39 is 17.2 Å². The molecule has 2 unspecified atom stereocenters. The molecule has 9 heteroatoms. The third-order valence-corrected chi connectivity index (χ3v) is 5.34. The molecular formula is C19H20F2N4O3. The fraction of sp³-hybridized carbons (Fsp3) is 0.421. The normalized spacial score (nSPS) is 21.1. The molecule has 2 aliphatic heterocycles. The number of carbonyl (C=O) groups is 1. The van der Waals surface area contributed by atoms with E-state index in [-0.39, 0.29) is 35.8 Å². The predicted molar refractivity (Wildman–Crippen MR) is 97.2 cm³/mol. The quantitative estimate of drug-likeness (QED) is 0.852. The van der Waals surface area contributed by atoms with E-state index in [9.17, 15) is 18.4 Å². The first-order chi connectivity index (χ1) is 13.4. The Kier molecular flexibility index (Phi) is 4.74. The van der Waals surface area contributed by atoms with Crippen molar-refractivity contribution in [2.24, 2.45) is 11.8 Å². The summed E-state index contributed by atoms with van der Waals surface area (Å²) in [6.45, 7) is 3.61. The van der Waals surface area contributed by atoms with Gasteiger partial charge in [0.25, 0.3) is 11.5 Å². The van der Waals surface area contributed by atoms with Crippen LogP contribution in [0.5, 0.6) is 5.75 Å². The molecule has 148 valence electrons. The lowest BCUT2D eigenvalue weighted by atomic mass is 10.0. The molecule has 1 aromatic carbocycles. The molecule has 0 spiro atoms. The first-order valence-corrected chi connectivity index (χ1v) is 9.09. The summed E-state index contributed by atoms with van der Waals surface area (Å²) in [7, 11) is 0. The monoisotopic (exact) mass is 390 g/mol. The number of carbonyl (C=O) groups excluding carboxylic acids is 1. The number of fused-ring (bicyclic) bond motifs is 1. The average Bonchev–Trinajstić information content (AvgIpc) is 3.24. The molecule has 0 radical (unpaired) electrons. The van der Waals surface area contributed by atoms with Crippen LogP contribution in [0.3, 0.4) is 0 Å². The molecular weight excluding hydrogens is 370 g/mol. The van der Waals surface area contributed by atoms with Gasteiger partial charge in [-0.05, 0) is 19.1 Å². The lowest BCUT2D eigenvalue weighted by Crippen LogP contribution is -2.37. The van der Waals surface area contributed by atoms with Crippen LogP contribution in [0.15, 0.2) is 29.1 Å². The summed E-state index contributed by atoms with van der Waals surface area (Å²) in [6, 6.07) is 5.97. The van der Waals surface area contributed by atoms with E-state index in [1.54, 1.807) is 17.0 Å². The van der Waals surface area contributed by atoms with Gasteiger partial charge in [0.15, 0.2) is 18.2 Å². The fourth-order valence-electron chi connectivity index (χ4n) is 3.87. The molecule has 0 saturated carbocycles. The van der Waals surface area contributed by atoms with Gasteiger partial charge in [0.2, 0.25) is 11.8 Å². The minimum absolute atomic E-state index is 0.0584. The van der Waals surface area contributed by atoms with Crippen LogP contribution in [-0.2, 0) is 4.79 Å². The highest BCUT2D eigenvalue weighted by atomic mass is 19.1. The first kappa shape index (κ1) is 18.4. The van der Waals surface area contributed by atoms with Crippen LogP contribution in [0, 0.1) is 30.4 Å². The van der Waals surface area contributed by atoms with Gasteiger partial charge in [-0.25, -0.2) is 9.37 Å². The van der Waals surface area contributed by atoms with Gasteiger partial charge in [-0.2, -0.15) is 4.39 Å². The number of halogens is 2. The Morgan fingerprint density at radius 3 is 2.54 bits per heavy atom. The van der Waals surface area contributed by atoms with Gasteiger partial charge < -0.3 is 14.5 Å². The fourth-order valence-corrected chi connectivity index (χ4v) is 3.87. The zero-order valence-electron chi connectivity index (χ0n) is 15.3. The highest BCUT2D eigenvalue weighted by Gasteiger charge is 2.42. The van der Waals surface area contributed by atoms with Gasteiger partial charge in [0.05, 0.1) is 5.69 Å². The summed E-state index contributed by atoms with van der Waals surface area (Å²) in [5.41, 5.74) is -0.709. The van der Waals surface area contributed by atoms with E-state index in [1.165, 1.54) is 19.1 Å². The summed E-state index contributed by atoms with van der Waals surface area (Å²) in [5.74, 6) is -0.674. The number of aromatic nitrogens is 2. The number of rotatable bonds is 4. The van der Waals surface area contributed by atoms with E-state index in [1.807, 2.05) is 4.90 Å². The minimum atomic E-state index is -0.866. The lowest BCUT2D eigenvalue weighted by molar-refractivity contribution is -0.132. The Hall–Kier alpha value is -2.97. The Bertz CT molecular complexity index is 950. The van der Waals surface area contributed by atoms with Crippen LogP contribution in [0.2, 0.25) is 0 Å². The van der Waals surface area contributed by atoms with E-state index in [0.717, 1.165) is 0 Å². The molecule has 0 bridgehead atoms. The van der Waals surface area contributed by atoms with Crippen molar-refractivity contribution in [2.45, 2.75) is 6.92 Å². The second-order valence-electron chi connectivity index (χ2n) is 7.23. The Labute approximate surface area is 159 Å². The third kappa shape index (κ3) is 3.44. The first-order valence-electron chi connectivity index (χ1n) is 9.09. The predicted octanol–water partition coefficient (Wildman–Crippen LogP) is 1.33. The molecule has 1 amide bonds. The maximum atomic E-state index is 13.6. The molecule has 2 aliphatic rings. The topological polar surface area (TPSA) is 78.5 Å². The van der Waals surface area contributed by atoms with Crippen molar-refractivity contribution in [3.63, 3.8) is 0 Å². The number of likely N-dealkylation sites (tertiary alicyclic amines) is 1. The average molecular weight is 390 g/mol. The highest BCUT2D eigenvalue weighted by Crippen LogP contribution is 2.32. The van der Waals surface area contributed by atoms with E-state index in [2.05, 4.69) is 9.97 Å². The zero-order valence-corrected chi connectivity index (χ0v) is 15.3. The van der Waals surface area contributed by atoms with Crippen molar-refractivity contribution < 1.29 is 18.3 Å². The maximum Gasteiger partial charge on any atom is 0.288 e. The van der Waals surface area contributed by atoms with Crippen molar-refractivity contribution in [1.29, 1.82) is 0 Å². The third-order valence-electron chi connectivity index (χ3n) is 5.34. The molecule has 7 nitrogen and oxygen atoms in total. The largest absolute Gasteiger partial charge is 0.481 e. The van der Waals surface area contributed by atoms with Gasteiger partial charge >= 0.3 is 0 Å². The number of anilines is 1. The SMILES string of the molecule is Cc1nc(N2CC3CN(C(=O)COc4ccccc4F)CC3C2)[nH]c(=O)c1F. The molecule has 2 fully saturated rings. The number of amides is 1. The molecule has 2 atom stereocenters. The van der Waals surface area contributed by atoms with Crippen LogP contribution in [-0.4, -0.2) is 53.6 Å². The molecule has 1 N–H and O–H groups in total. The molecule has 2 aromatic rings. The van der Waals surface area contributed by atoms with Crippen LogP contribution in [0.4, 0.5) is 14.7 Å². The second-order valence-corrected chi connectivity index (χ2v) is 7.23. The van der Waals surface area contributed by atoms with E-state index in [4.69, 9.17) is 4.74 Å². The Morgan fingerprint density at radius 1 is 1.21 bits per heavy atom. The van der Waals surface area contributed by atoms with Crippen LogP contribution in [0.25, 0.3) is 0 Å². The number of ether oxygens (including phenoxy) is 1. The van der Waals surface area contributed by atoms with Gasteiger partial charge in [-0.1, -0.05) is 12.1 Å². The number of nitrogens with zero attached hydrogens (tertiary/aromatic N) is 3. The number of para-hydroxylation sites is 1. The maximum absolute atomic E-state index is 13.6. The molecule has 0 aliphatic carbocycles. The number of benzene rings is 1. The van der Waals surface area contributed by atoms with Gasteiger partial charge in [0, 0.05) is 38.0 Å². The van der Waals surface area contributed by atoms with Crippen LogP contribution < -0.4 is 15.2 Å². The standard InChI is InChI=1S/C19H20F2N4O3/c1-11-17(21)18(27)23-19(22-11)25-8-12-6-24(7-13(12)9-25)16(26)10-28-15-5-3-2-4-14(15)20/h2-5,12-13H,6-10H2,1H3,(H,22,23,27). The van der Waals surface area contributed by atoms with Crippen molar-refractivity contribution in [3.05, 3.63) is 51.9 Å². The number of aryl methyl sites for hydroxylation is 1. The summed E-state index contributed by atoms with van der Waals surface area (Å²) < 4.78 is 32.4. The van der Waals surface area contributed by atoms with Crippen molar-refractivity contribution >= 4 is 11.9 Å².